The highest BCUT2D eigenvalue weighted by molar-refractivity contribution is 4.79. The standard InChI is InChI=1S/C15H34N2O2/c1-12(2)16-10-13(3)15(5)17(8-9-18-6)14(4)11-19-7/h12-16H,8-11H2,1-7H3. The van der Waals surface area contributed by atoms with E-state index in [2.05, 4.69) is 44.8 Å². The average molecular weight is 274 g/mol. The van der Waals surface area contributed by atoms with Crippen molar-refractivity contribution in [1.29, 1.82) is 0 Å². The summed E-state index contributed by atoms with van der Waals surface area (Å²) in [7, 11) is 3.52. The normalized spacial score (nSPS) is 16.9. The molecule has 0 radical (unpaired) electrons. The minimum Gasteiger partial charge on any atom is -0.383 e. The van der Waals surface area contributed by atoms with Crippen molar-refractivity contribution < 1.29 is 9.47 Å². The molecule has 0 aliphatic rings. The van der Waals surface area contributed by atoms with Crippen LogP contribution in [0.15, 0.2) is 0 Å². The van der Waals surface area contributed by atoms with Crippen LogP contribution < -0.4 is 5.32 Å². The fourth-order valence-corrected chi connectivity index (χ4v) is 2.28. The maximum atomic E-state index is 5.29. The molecule has 116 valence electrons. The third-order valence-corrected chi connectivity index (χ3v) is 3.72. The molecule has 0 aromatic rings. The molecular weight excluding hydrogens is 240 g/mol. The maximum Gasteiger partial charge on any atom is 0.0615 e. The zero-order valence-electron chi connectivity index (χ0n) is 13.9. The SMILES string of the molecule is COCCN(C(C)COC)C(C)C(C)CNC(C)C. The van der Waals surface area contributed by atoms with Crippen molar-refractivity contribution in [2.45, 2.75) is 52.7 Å². The largest absolute Gasteiger partial charge is 0.383 e. The topological polar surface area (TPSA) is 33.7 Å². The molecular formula is C15H34N2O2. The van der Waals surface area contributed by atoms with Gasteiger partial charge in [-0.3, -0.25) is 4.90 Å². The lowest BCUT2D eigenvalue weighted by atomic mass is 10.00. The molecule has 0 aromatic heterocycles. The van der Waals surface area contributed by atoms with Crippen LogP contribution in [0.4, 0.5) is 0 Å². The van der Waals surface area contributed by atoms with Gasteiger partial charge in [-0.25, -0.2) is 0 Å². The lowest BCUT2D eigenvalue weighted by molar-refractivity contribution is 0.0360. The molecule has 0 saturated heterocycles. The van der Waals surface area contributed by atoms with Crippen LogP contribution in [0.3, 0.4) is 0 Å². The van der Waals surface area contributed by atoms with Crippen molar-refractivity contribution in [3.63, 3.8) is 0 Å². The zero-order chi connectivity index (χ0) is 14.8. The van der Waals surface area contributed by atoms with E-state index in [-0.39, 0.29) is 0 Å². The molecule has 1 N–H and O–H groups in total. The van der Waals surface area contributed by atoms with Gasteiger partial charge in [-0.1, -0.05) is 20.8 Å². The highest BCUT2D eigenvalue weighted by Gasteiger charge is 2.24. The lowest BCUT2D eigenvalue weighted by Crippen LogP contribution is -2.49. The number of nitrogens with one attached hydrogen (secondary N) is 1. The van der Waals surface area contributed by atoms with Gasteiger partial charge in [0, 0.05) is 38.9 Å². The summed E-state index contributed by atoms with van der Waals surface area (Å²) in [6.45, 7) is 14.7. The van der Waals surface area contributed by atoms with Crippen LogP contribution in [0.25, 0.3) is 0 Å². The van der Waals surface area contributed by atoms with E-state index in [9.17, 15) is 0 Å². The first-order chi connectivity index (χ1) is 8.93. The van der Waals surface area contributed by atoms with Crippen LogP contribution in [0.2, 0.25) is 0 Å². The molecule has 0 spiro atoms. The van der Waals surface area contributed by atoms with Gasteiger partial charge in [-0.15, -0.1) is 0 Å². The molecule has 0 aromatic carbocycles. The van der Waals surface area contributed by atoms with E-state index < -0.39 is 0 Å². The van der Waals surface area contributed by atoms with Crippen LogP contribution in [0, 0.1) is 5.92 Å². The third-order valence-electron chi connectivity index (χ3n) is 3.72. The number of hydrogen-bond donors (Lipinski definition) is 1. The van der Waals surface area contributed by atoms with E-state index in [1.807, 2.05) is 0 Å². The number of methoxy groups -OCH3 is 2. The van der Waals surface area contributed by atoms with E-state index in [0.29, 0.717) is 24.0 Å². The summed E-state index contributed by atoms with van der Waals surface area (Å²) in [5.41, 5.74) is 0. The molecule has 3 atom stereocenters. The third kappa shape index (κ3) is 7.88. The zero-order valence-corrected chi connectivity index (χ0v) is 13.9. The van der Waals surface area contributed by atoms with Crippen molar-refractivity contribution in [1.82, 2.24) is 10.2 Å². The second-order valence-corrected chi connectivity index (χ2v) is 5.82. The molecule has 0 heterocycles. The van der Waals surface area contributed by atoms with Crippen molar-refractivity contribution in [2.24, 2.45) is 5.92 Å². The quantitative estimate of drug-likeness (QED) is 0.625. The molecule has 0 aliphatic heterocycles. The van der Waals surface area contributed by atoms with Crippen LogP contribution in [0.5, 0.6) is 0 Å². The first-order valence-corrected chi connectivity index (χ1v) is 7.41. The Morgan fingerprint density at radius 3 is 2.11 bits per heavy atom. The van der Waals surface area contributed by atoms with Crippen LogP contribution in [-0.4, -0.2) is 63.5 Å². The molecule has 4 nitrogen and oxygen atoms in total. The Hall–Kier alpha value is -0.160. The summed E-state index contributed by atoms with van der Waals surface area (Å²) in [4.78, 5) is 2.49. The van der Waals surface area contributed by atoms with E-state index in [1.165, 1.54) is 0 Å². The minimum atomic E-state index is 0.414. The summed E-state index contributed by atoms with van der Waals surface area (Å²) < 4.78 is 10.5. The first-order valence-electron chi connectivity index (χ1n) is 7.41. The Labute approximate surface area is 119 Å². The predicted octanol–water partition coefficient (Wildman–Crippen LogP) is 1.99. The van der Waals surface area contributed by atoms with Crippen molar-refractivity contribution >= 4 is 0 Å². The van der Waals surface area contributed by atoms with Gasteiger partial charge in [0.15, 0.2) is 0 Å². The Balaban J connectivity index is 4.45. The summed E-state index contributed by atoms with van der Waals surface area (Å²) in [5.74, 6) is 0.596. The number of hydrogen-bond acceptors (Lipinski definition) is 4. The fraction of sp³-hybridized carbons (Fsp3) is 1.00. The molecule has 3 unspecified atom stereocenters. The smallest absolute Gasteiger partial charge is 0.0615 e. The van der Waals surface area contributed by atoms with Gasteiger partial charge in [0.25, 0.3) is 0 Å². The summed E-state index contributed by atoms with van der Waals surface area (Å²) in [6, 6.07) is 1.46. The van der Waals surface area contributed by atoms with E-state index in [0.717, 1.165) is 26.3 Å². The molecule has 0 rings (SSSR count). The van der Waals surface area contributed by atoms with Gasteiger partial charge < -0.3 is 14.8 Å². The van der Waals surface area contributed by atoms with Gasteiger partial charge in [-0.2, -0.15) is 0 Å². The molecule has 0 fully saturated rings. The highest BCUT2D eigenvalue weighted by Crippen LogP contribution is 2.14. The minimum absolute atomic E-state index is 0.414. The van der Waals surface area contributed by atoms with Crippen molar-refractivity contribution in [3.05, 3.63) is 0 Å². The highest BCUT2D eigenvalue weighted by atomic mass is 16.5. The Morgan fingerprint density at radius 1 is 1.00 bits per heavy atom. The summed E-state index contributed by atoms with van der Waals surface area (Å²) >= 11 is 0. The van der Waals surface area contributed by atoms with E-state index in [1.54, 1.807) is 14.2 Å². The van der Waals surface area contributed by atoms with Crippen LogP contribution in [0.1, 0.15) is 34.6 Å². The van der Waals surface area contributed by atoms with E-state index >= 15 is 0 Å². The maximum absolute atomic E-state index is 5.29. The second-order valence-electron chi connectivity index (χ2n) is 5.82. The second kappa shape index (κ2) is 10.6. The fourth-order valence-electron chi connectivity index (χ4n) is 2.28. The molecule has 0 aliphatic carbocycles. The monoisotopic (exact) mass is 274 g/mol. The van der Waals surface area contributed by atoms with Gasteiger partial charge in [0.1, 0.15) is 0 Å². The Morgan fingerprint density at radius 2 is 1.63 bits per heavy atom. The van der Waals surface area contributed by atoms with Crippen molar-refractivity contribution in [2.75, 3.05) is 40.5 Å². The van der Waals surface area contributed by atoms with Gasteiger partial charge >= 0.3 is 0 Å². The van der Waals surface area contributed by atoms with Crippen molar-refractivity contribution in [3.8, 4) is 0 Å². The molecule has 19 heavy (non-hydrogen) atoms. The Kier molecular flexibility index (Phi) is 10.5. The van der Waals surface area contributed by atoms with Gasteiger partial charge in [-0.05, 0) is 26.3 Å². The van der Waals surface area contributed by atoms with E-state index in [4.69, 9.17) is 9.47 Å². The molecule has 0 saturated carbocycles. The predicted molar refractivity (Wildman–Crippen MR) is 81.7 cm³/mol. The van der Waals surface area contributed by atoms with Gasteiger partial charge in [0.05, 0.1) is 13.2 Å². The van der Waals surface area contributed by atoms with Crippen LogP contribution >= 0.6 is 0 Å². The number of rotatable bonds is 11. The van der Waals surface area contributed by atoms with Gasteiger partial charge in [0.2, 0.25) is 0 Å². The first kappa shape index (κ1) is 18.8. The summed E-state index contributed by atoms with van der Waals surface area (Å²) in [5, 5.41) is 3.52. The lowest BCUT2D eigenvalue weighted by Gasteiger charge is -2.37. The number of ether oxygens (including phenoxy) is 2. The molecule has 4 heteroatoms. The average Bonchev–Trinajstić information content (AvgIpc) is 2.36. The van der Waals surface area contributed by atoms with Crippen LogP contribution in [-0.2, 0) is 9.47 Å². The molecule has 0 amide bonds. The summed E-state index contributed by atoms with van der Waals surface area (Å²) in [6.07, 6.45) is 0. The number of nitrogens with zero attached hydrogens (tertiary/aromatic N) is 1. The Bertz CT molecular complexity index is 212. The molecule has 0 bridgehead atoms.